The molecule has 3 rings (SSSR count). The van der Waals surface area contributed by atoms with Gasteiger partial charge in [0.1, 0.15) is 0 Å². The normalized spacial score (nSPS) is 22.8. The number of hydrogen-bond donors (Lipinski definition) is 2. The number of amides is 1. The lowest BCUT2D eigenvalue weighted by atomic mass is 9.82. The molecule has 2 atom stereocenters. The number of carbonyl (C=O) groups excluding carboxylic acids is 1. The summed E-state index contributed by atoms with van der Waals surface area (Å²) in [5.41, 5.74) is 0.700. The highest BCUT2D eigenvalue weighted by atomic mass is 127. The minimum atomic E-state index is -0.0282. The fourth-order valence-electron chi connectivity index (χ4n) is 3.95. The van der Waals surface area contributed by atoms with Crippen molar-refractivity contribution in [3.05, 3.63) is 35.9 Å². The number of likely N-dealkylation sites (tertiary alicyclic amines) is 1. The van der Waals surface area contributed by atoms with Crippen molar-refractivity contribution in [3.63, 3.8) is 0 Å². The summed E-state index contributed by atoms with van der Waals surface area (Å²) in [5.74, 6) is 2.63. The van der Waals surface area contributed by atoms with Gasteiger partial charge in [-0.05, 0) is 36.8 Å². The van der Waals surface area contributed by atoms with Gasteiger partial charge >= 0.3 is 0 Å². The maximum atomic E-state index is 12.0. The van der Waals surface area contributed by atoms with Gasteiger partial charge in [0.15, 0.2) is 5.96 Å². The lowest BCUT2D eigenvalue weighted by Crippen LogP contribution is -2.43. The summed E-state index contributed by atoms with van der Waals surface area (Å²) in [6.45, 7) is 3.53. The molecule has 0 radical (unpaired) electrons. The number of hydrogen-bond acceptors (Lipinski definition) is 2. The average Bonchev–Trinajstić information content (AvgIpc) is 3.06. The van der Waals surface area contributed by atoms with E-state index in [2.05, 4.69) is 20.5 Å². The number of fused-ring (bicyclic) bond motifs is 1. The van der Waals surface area contributed by atoms with Gasteiger partial charge in [-0.1, -0.05) is 31.0 Å². The van der Waals surface area contributed by atoms with E-state index in [9.17, 15) is 4.79 Å². The molecule has 1 aromatic rings. The van der Waals surface area contributed by atoms with Crippen LogP contribution in [0.2, 0.25) is 0 Å². The van der Waals surface area contributed by atoms with E-state index in [1.807, 2.05) is 37.4 Å². The highest BCUT2D eigenvalue weighted by Crippen LogP contribution is 2.35. The quantitative estimate of drug-likeness (QED) is 0.317. The van der Waals surface area contributed by atoms with E-state index in [0.29, 0.717) is 18.7 Å². The molecule has 2 unspecified atom stereocenters. The number of nitrogens with zero attached hydrogens (tertiary/aromatic N) is 2. The molecule has 1 heterocycles. The number of benzene rings is 1. The third kappa shape index (κ3) is 5.33. The zero-order valence-electron chi connectivity index (χ0n) is 14.9. The minimum absolute atomic E-state index is 0. The number of rotatable bonds is 4. The van der Waals surface area contributed by atoms with Crippen LogP contribution in [0, 0.1) is 11.8 Å². The zero-order valence-corrected chi connectivity index (χ0v) is 17.2. The molecular weight excluding hydrogens is 427 g/mol. The van der Waals surface area contributed by atoms with Crippen molar-refractivity contribution in [2.24, 2.45) is 16.8 Å². The first-order valence-corrected chi connectivity index (χ1v) is 9.07. The van der Waals surface area contributed by atoms with E-state index >= 15 is 0 Å². The van der Waals surface area contributed by atoms with Gasteiger partial charge in [0, 0.05) is 38.8 Å². The van der Waals surface area contributed by atoms with Crippen molar-refractivity contribution in [2.45, 2.75) is 25.7 Å². The van der Waals surface area contributed by atoms with Gasteiger partial charge in [-0.25, -0.2) is 0 Å². The molecule has 138 valence electrons. The van der Waals surface area contributed by atoms with Gasteiger partial charge < -0.3 is 15.5 Å². The molecule has 25 heavy (non-hydrogen) atoms. The Kier molecular flexibility index (Phi) is 7.99. The van der Waals surface area contributed by atoms with Gasteiger partial charge in [-0.2, -0.15) is 0 Å². The minimum Gasteiger partial charge on any atom is -0.354 e. The Balaban J connectivity index is 0.00000225. The highest BCUT2D eigenvalue weighted by molar-refractivity contribution is 14.0. The third-order valence-electron chi connectivity index (χ3n) is 5.22. The second-order valence-electron chi connectivity index (χ2n) is 6.81. The maximum Gasteiger partial charge on any atom is 0.251 e. The van der Waals surface area contributed by atoms with Crippen LogP contribution in [0.3, 0.4) is 0 Å². The number of nitrogens with one attached hydrogen (secondary N) is 2. The van der Waals surface area contributed by atoms with Crippen LogP contribution in [-0.4, -0.2) is 50.0 Å². The Morgan fingerprint density at radius 2 is 1.68 bits per heavy atom. The van der Waals surface area contributed by atoms with Gasteiger partial charge in [-0.3, -0.25) is 9.79 Å². The van der Waals surface area contributed by atoms with Gasteiger partial charge in [0.25, 0.3) is 5.91 Å². The summed E-state index contributed by atoms with van der Waals surface area (Å²) in [7, 11) is 1.84. The highest BCUT2D eigenvalue weighted by Gasteiger charge is 2.35. The van der Waals surface area contributed by atoms with Crippen LogP contribution in [-0.2, 0) is 0 Å². The van der Waals surface area contributed by atoms with Crippen molar-refractivity contribution in [1.29, 1.82) is 0 Å². The van der Waals surface area contributed by atoms with Gasteiger partial charge in [-0.15, -0.1) is 24.0 Å². The van der Waals surface area contributed by atoms with Crippen LogP contribution < -0.4 is 10.6 Å². The average molecular weight is 456 g/mol. The molecule has 2 aliphatic rings. The number of halogens is 1. The molecule has 0 aromatic heterocycles. The molecule has 1 saturated heterocycles. The smallest absolute Gasteiger partial charge is 0.251 e. The summed E-state index contributed by atoms with van der Waals surface area (Å²) in [4.78, 5) is 18.8. The molecular formula is C19H29IN4O. The summed E-state index contributed by atoms with van der Waals surface area (Å²) in [5, 5.41) is 6.33. The SMILES string of the molecule is CN=C(NCCNC(=O)c1ccccc1)N1CC2CCCCC2C1.I. The Morgan fingerprint density at radius 1 is 1.08 bits per heavy atom. The Labute approximate surface area is 167 Å². The van der Waals surface area contributed by atoms with Crippen LogP contribution >= 0.6 is 24.0 Å². The van der Waals surface area contributed by atoms with Crippen LogP contribution in [0.4, 0.5) is 0 Å². The predicted octanol–water partition coefficient (Wildman–Crippen LogP) is 2.73. The molecule has 5 nitrogen and oxygen atoms in total. The van der Waals surface area contributed by atoms with Gasteiger partial charge in [0.05, 0.1) is 0 Å². The van der Waals surface area contributed by atoms with Crippen molar-refractivity contribution in [2.75, 3.05) is 33.2 Å². The molecule has 0 spiro atoms. The first-order chi connectivity index (χ1) is 11.8. The molecule has 1 saturated carbocycles. The summed E-state index contributed by atoms with van der Waals surface area (Å²) in [6, 6.07) is 9.32. The first-order valence-electron chi connectivity index (χ1n) is 9.07. The topological polar surface area (TPSA) is 56.7 Å². The van der Waals surface area contributed by atoms with Crippen LogP contribution in [0.15, 0.2) is 35.3 Å². The maximum absolute atomic E-state index is 12.0. The molecule has 2 N–H and O–H groups in total. The molecule has 0 bridgehead atoms. The Hall–Kier alpha value is -1.31. The lowest BCUT2D eigenvalue weighted by Gasteiger charge is -2.22. The fraction of sp³-hybridized carbons (Fsp3) is 0.579. The number of aliphatic imine (C=N–C) groups is 1. The van der Waals surface area contributed by atoms with E-state index < -0.39 is 0 Å². The van der Waals surface area contributed by atoms with E-state index in [1.165, 1.54) is 25.7 Å². The Morgan fingerprint density at radius 3 is 2.28 bits per heavy atom. The fourth-order valence-corrected chi connectivity index (χ4v) is 3.95. The van der Waals surface area contributed by atoms with Crippen LogP contribution in [0.5, 0.6) is 0 Å². The van der Waals surface area contributed by atoms with Crippen LogP contribution in [0.1, 0.15) is 36.0 Å². The molecule has 2 fully saturated rings. The third-order valence-corrected chi connectivity index (χ3v) is 5.22. The Bertz CT molecular complexity index is 564. The second kappa shape index (κ2) is 9.99. The van der Waals surface area contributed by atoms with E-state index in [-0.39, 0.29) is 29.9 Å². The monoisotopic (exact) mass is 456 g/mol. The predicted molar refractivity (Wildman–Crippen MR) is 113 cm³/mol. The molecule has 1 amide bonds. The summed E-state index contributed by atoms with van der Waals surface area (Å²) in [6.07, 6.45) is 5.50. The first kappa shape index (κ1) is 20.0. The standard InChI is InChI=1S/C19H28N4O.HI/c1-20-19(23-13-16-9-5-6-10-17(16)14-23)22-12-11-21-18(24)15-7-3-2-4-8-15;/h2-4,7-8,16-17H,5-6,9-14H2,1H3,(H,20,22)(H,21,24);1H. The molecule has 1 aromatic carbocycles. The summed E-state index contributed by atoms with van der Waals surface area (Å²) >= 11 is 0. The van der Waals surface area contributed by atoms with Crippen molar-refractivity contribution >= 4 is 35.8 Å². The number of guanidine groups is 1. The summed E-state index contributed by atoms with van der Waals surface area (Å²) < 4.78 is 0. The zero-order chi connectivity index (χ0) is 16.8. The second-order valence-corrected chi connectivity index (χ2v) is 6.81. The lowest BCUT2D eigenvalue weighted by molar-refractivity contribution is 0.0954. The molecule has 6 heteroatoms. The van der Waals surface area contributed by atoms with Crippen molar-refractivity contribution in [1.82, 2.24) is 15.5 Å². The van der Waals surface area contributed by atoms with E-state index in [1.54, 1.807) is 0 Å². The number of carbonyl (C=O) groups is 1. The molecule has 1 aliphatic heterocycles. The van der Waals surface area contributed by atoms with Crippen molar-refractivity contribution in [3.8, 4) is 0 Å². The van der Waals surface area contributed by atoms with Crippen LogP contribution in [0.25, 0.3) is 0 Å². The van der Waals surface area contributed by atoms with E-state index in [4.69, 9.17) is 0 Å². The molecule has 1 aliphatic carbocycles. The van der Waals surface area contributed by atoms with Gasteiger partial charge in [0.2, 0.25) is 0 Å². The van der Waals surface area contributed by atoms with Crippen molar-refractivity contribution < 1.29 is 4.79 Å². The largest absolute Gasteiger partial charge is 0.354 e. The van der Waals surface area contributed by atoms with E-state index in [0.717, 1.165) is 30.9 Å².